The lowest BCUT2D eigenvalue weighted by Crippen LogP contribution is -2.24. The van der Waals surface area contributed by atoms with Crippen molar-refractivity contribution < 1.29 is 13.5 Å². The minimum absolute atomic E-state index is 0.123. The van der Waals surface area contributed by atoms with Crippen LogP contribution >= 0.6 is 0 Å². The van der Waals surface area contributed by atoms with Gasteiger partial charge in [-0.05, 0) is 19.9 Å². The van der Waals surface area contributed by atoms with Crippen LogP contribution in [0.1, 0.15) is 41.5 Å². The van der Waals surface area contributed by atoms with E-state index in [9.17, 15) is 8.78 Å². The summed E-state index contributed by atoms with van der Waals surface area (Å²) in [5.74, 6) is -3.42. The van der Waals surface area contributed by atoms with Gasteiger partial charge < -0.3 is 4.74 Å². The SMILES string of the molecule is CC(C)OCC(C)(C)/C=C/C(F)(F)C(C)C. The first kappa shape index (κ1) is 15.6. The Kier molecular flexibility index (Phi) is 5.60. The number of alkyl halides is 2. The van der Waals surface area contributed by atoms with Crippen molar-refractivity contribution in [2.24, 2.45) is 11.3 Å². The Balaban J connectivity index is 4.40. The minimum atomic E-state index is -2.74. The predicted octanol–water partition coefficient (Wildman–Crippen LogP) is 4.29. The zero-order valence-corrected chi connectivity index (χ0v) is 11.2. The lowest BCUT2D eigenvalue weighted by Gasteiger charge is -2.24. The zero-order chi connectivity index (χ0) is 13.0. The second-order valence-corrected chi connectivity index (χ2v) is 5.51. The van der Waals surface area contributed by atoms with Crippen LogP contribution in [0.4, 0.5) is 8.78 Å². The maximum absolute atomic E-state index is 13.3. The molecule has 0 spiro atoms. The average Bonchev–Trinajstić information content (AvgIpc) is 2.12. The van der Waals surface area contributed by atoms with E-state index in [1.807, 2.05) is 27.7 Å². The van der Waals surface area contributed by atoms with Gasteiger partial charge in [0.25, 0.3) is 5.92 Å². The van der Waals surface area contributed by atoms with Crippen LogP contribution in [0.25, 0.3) is 0 Å². The van der Waals surface area contributed by atoms with Gasteiger partial charge in [0.2, 0.25) is 0 Å². The summed E-state index contributed by atoms with van der Waals surface area (Å²) in [7, 11) is 0. The van der Waals surface area contributed by atoms with Gasteiger partial charge in [0.05, 0.1) is 12.7 Å². The van der Waals surface area contributed by atoms with Crippen LogP contribution in [0.2, 0.25) is 0 Å². The first-order chi connectivity index (χ1) is 7.07. The molecule has 0 aliphatic rings. The topological polar surface area (TPSA) is 9.23 Å². The Bertz CT molecular complexity index is 230. The van der Waals surface area contributed by atoms with E-state index >= 15 is 0 Å². The highest BCUT2D eigenvalue weighted by Crippen LogP contribution is 2.28. The quantitative estimate of drug-likeness (QED) is 0.623. The van der Waals surface area contributed by atoms with E-state index in [-0.39, 0.29) is 11.5 Å². The molecular formula is C13H24F2O. The molecule has 3 heteroatoms. The molecule has 0 amide bonds. The van der Waals surface area contributed by atoms with Gasteiger partial charge in [-0.25, -0.2) is 8.78 Å². The van der Waals surface area contributed by atoms with E-state index < -0.39 is 11.8 Å². The van der Waals surface area contributed by atoms with Gasteiger partial charge in [0, 0.05) is 11.3 Å². The summed E-state index contributed by atoms with van der Waals surface area (Å²) in [5, 5.41) is 0. The molecule has 0 radical (unpaired) electrons. The van der Waals surface area contributed by atoms with E-state index in [0.717, 1.165) is 6.08 Å². The molecule has 0 aromatic carbocycles. The molecule has 0 fully saturated rings. The molecule has 0 N–H and O–H groups in total. The van der Waals surface area contributed by atoms with Gasteiger partial charge in [0.1, 0.15) is 0 Å². The maximum atomic E-state index is 13.3. The van der Waals surface area contributed by atoms with Gasteiger partial charge >= 0.3 is 0 Å². The Morgan fingerprint density at radius 1 is 1.06 bits per heavy atom. The summed E-state index contributed by atoms with van der Waals surface area (Å²) in [5.41, 5.74) is -0.359. The zero-order valence-electron chi connectivity index (χ0n) is 11.2. The Morgan fingerprint density at radius 3 is 1.94 bits per heavy atom. The lowest BCUT2D eigenvalue weighted by atomic mass is 9.92. The summed E-state index contributed by atoms with van der Waals surface area (Å²) in [6, 6.07) is 0. The molecule has 1 nitrogen and oxygen atoms in total. The Morgan fingerprint density at radius 2 is 1.56 bits per heavy atom. The Hall–Kier alpha value is -0.440. The third-order valence-corrected chi connectivity index (χ3v) is 2.32. The summed E-state index contributed by atoms with van der Waals surface area (Å²) >= 11 is 0. The van der Waals surface area contributed by atoms with Crippen molar-refractivity contribution in [1.82, 2.24) is 0 Å². The maximum Gasteiger partial charge on any atom is 0.268 e. The number of hydrogen-bond donors (Lipinski definition) is 0. The van der Waals surface area contributed by atoms with Crippen molar-refractivity contribution in [1.29, 1.82) is 0 Å². The molecule has 0 bridgehead atoms. The van der Waals surface area contributed by atoms with Crippen molar-refractivity contribution in [2.45, 2.75) is 53.6 Å². The van der Waals surface area contributed by atoms with E-state index in [1.165, 1.54) is 13.8 Å². The molecule has 0 unspecified atom stereocenters. The minimum Gasteiger partial charge on any atom is -0.378 e. The fraction of sp³-hybridized carbons (Fsp3) is 0.846. The van der Waals surface area contributed by atoms with Crippen molar-refractivity contribution in [3.63, 3.8) is 0 Å². The number of halogens is 2. The smallest absolute Gasteiger partial charge is 0.268 e. The van der Waals surface area contributed by atoms with Crippen LogP contribution in [0, 0.1) is 11.3 Å². The number of allylic oxidation sites excluding steroid dienone is 1. The molecule has 0 rings (SSSR count). The molecule has 16 heavy (non-hydrogen) atoms. The van der Waals surface area contributed by atoms with Gasteiger partial charge in [-0.15, -0.1) is 0 Å². The summed E-state index contributed by atoms with van der Waals surface area (Å²) in [4.78, 5) is 0. The lowest BCUT2D eigenvalue weighted by molar-refractivity contribution is 0.00320. The van der Waals surface area contributed by atoms with Crippen molar-refractivity contribution in [3.05, 3.63) is 12.2 Å². The molecule has 0 heterocycles. The molecule has 0 aromatic rings. The number of ether oxygens (including phenoxy) is 1. The fourth-order valence-electron chi connectivity index (χ4n) is 0.959. The third-order valence-electron chi connectivity index (χ3n) is 2.32. The van der Waals surface area contributed by atoms with E-state index in [2.05, 4.69) is 0 Å². The van der Waals surface area contributed by atoms with Crippen LogP contribution in [0.3, 0.4) is 0 Å². The highest BCUT2D eigenvalue weighted by Gasteiger charge is 2.30. The van der Waals surface area contributed by atoms with Gasteiger partial charge in [0.15, 0.2) is 0 Å². The molecule has 96 valence electrons. The van der Waals surface area contributed by atoms with Gasteiger partial charge in [-0.2, -0.15) is 0 Å². The highest BCUT2D eigenvalue weighted by atomic mass is 19.3. The van der Waals surface area contributed by atoms with Crippen LogP contribution in [0.5, 0.6) is 0 Å². The van der Waals surface area contributed by atoms with Crippen LogP contribution < -0.4 is 0 Å². The van der Waals surface area contributed by atoms with E-state index in [1.54, 1.807) is 6.08 Å². The predicted molar refractivity (Wildman–Crippen MR) is 63.8 cm³/mol. The van der Waals surface area contributed by atoms with E-state index in [0.29, 0.717) is 6.61 Å². The average molecular weight is 234 g/mol. The van der Waals surface area contributed by atoms with Crippen LogP contribution in [-0.4, -0.2) is 18.6 Å². The van der Waals surface area contributed by atoms with E-state index in [4.69, 9.17) is 4.74 Å². The standard InChI is InChI=1S/C13H24F2O/c1-10(2)13(14,15)8-7-12(5,6)9-16-11(3)4/h7-8,10-11H,9H2,1-6H3/b8-7+. The molecule has 0 aromatic heterocycles. The second-order valence-electron chi connectivity index (χ2n) is 5.51. The first-order valence-electron chi connectivity index (χ1n) is 5.76. The first-order valence-corrected chi connectivity index (χ1v) is 5.76. The van der Waals surface area contributed by atoms with Crippen LogP contribution in [-0.2, 0) is 4.74 Å². The molecule has 0 saturated heterocycles. The molecule has 0 atom stereocenters. The number of rotatable bonds is 6. The summed E-state index contributed by atoms with van der Waals surface area (Å²) in [6.45, 7) is 11.1. The summed E-state index contributed by atoms with van der Waals surface area (Å²) < 4.78 is 32.1. The Labute approximate surface area is 97.9 Å². The van der Waals surface area contributed by atoms with Gasteiger partial charge in [-0.1, -0.05) is 33.8 Å². The third kappa shape index (κ3) is 6.21. The van der Waals surface area contributed by atoms with Crippen molar-refractivity contribution in [3.8, 4) is 0 Å². The molecule has 0 aliphatic carbocycles. The van der Waals surface area contributed by atoms with Crippen molar-refractivity contribution in [2.75, 3.05) is 6.61 Å². The highest BCUT2D eigenvalue weighted by molar-refractivity contribution is 5.03. The fourth-order valence-corrected chi connectivity index (χ4v) is 0.959. The van der Waals surface area contributed by atoms with Crippen LogP contribution in [0.15, 0.2) is 12.2 Å². The molecule has 0 saturated carbocycles. The number of hydrogen-bond acceptors (Lipinski definition) is 1. The normalized spacial score (nSPS) is 14.4. The summed E-state index contributed by atoms with van der Waals surface area (Å²) in [6.07, 6.45) is 2.68. The van der Waals surface area contributed by atoms with Gasteiger partial charge in [-0.3, -0.25) is 0 Å². The largest absolute Gasteiger partial charge is 0.378 e. The molecular weight excluding hydrogens is 210 g/mol. The van der Waals surface area contributed by atoms with Crippen molar-refractivity contribution >= 4 is 0 Å². The molecule has 0 aliphatic heterocycles. The monoisotopic (exact) mass is 234 g/mol. The second kappa shape index (κ2) is 5.76.